The molecule has 0 spiro atoms. The number of carbonyl (C=O) groups is 1. The molecule has 1 saturated heterocycles. The van der Waals surface area contributed by atoms with Crippen LogP contribution in [-0.4, -0.2) is 44.8 Å². The van der Waals surface area contributed by atoms with Crippen LogP contribution in [0.5, 0.6) is 0 Å². The third-order valence-corrected chi connectivity index (χ3v) is 4.83. The van der Waals surface area contributed by atoms with E-state index in [1.807, 2.05) is 19.9 Å². The summed E-state index contributed by atoms with van der Waals surface area (Å²) in [5.41, 5.74) is -0.418. The van der Waals surface area contributed by atoms with Crippen molar-refractivity contribution in [2.75, 3.05) is 33.0 Å². The van der Waals surface area contributed by atoms with E-state index >= 15 is 0 Å². The van der Waals surface area contributed by atoms with Gasteiger partial charge in [-0.1, -0.05) is 38.7 Å². The molecule has 5 nitrogen and oxygen atoms in total. The second-order valence-corrected chi connectivity index (χ2v) is 8.14. The summed E-state index contributed by atoms with van der Waals surface area (Å²) in [5.74, 6) is -0.750. The summed E-state index contributed by atoms with van der Waals surface area (Å²) in [4.78, 5) is 12.1. The first-order chi connectivity index (χ1) is 12.9. The minimum atomic E-state index is -0.597. The summed E-state index contributed by atoms with van der Waals surface area (Å²) in [6, 6.07) is 0. The number of esters is 1. The van der Waals surface area contributed by atoms with Crippen molar-refractivity contribution in [3.8, 4) is 0 Å². The first-order valence-corrected chi connectivity index (χ1v) is 10.6. The number of allylic oxidation sites excluding steroid dienone is 1. The average molecular weight is 385 g/mol. The molecule has 1 rings (SSSR count). The van der Waals surface area contributed by atoms with Crippen LogP contribution in [0, 0.1) is 5.41 Å². The van der Waals surface area contributed by atoms with Crippen LogP contribution in [0.1, 0.15) is 78.6 Å². The van der Waals surface area contributed by atoms with Crippen LogP contribution in [0.2, 0.25) is 0 Å². The third-order valence-electron chi connectivity index (χ3n) is 4.83. The summed E-state index contributed by atoms with van der Waals surface area (Å²) in [6.45, 7) is 12.1. The van der Waals surface area contributed by atoms with Gasteiger partial charge in [0.25, 0.3) is 0 Å². The molecule has 0 aromatic heterocycles. The Morgan fingerprint density at radius 2 is 1.74 bits per heavy atom. The molecule has 0 aromatic rings. The van der Waals surface area contributed by atoms with Gasteiger partial charge in [-0.05, 0) is 39.5 Å². The molecule has 0 aliphatic carbocycles. The van der Waals surface area contributed by atoms with E-state index in [0.29, 0.717) is 26.2 Å². The van der Waals surface area contributed by atoms with E-state index in [4.69, 9.17) is 18.9 Å². The monoisotopic (exact) mass is 384 g/mol. The fourth-order valence-electron chi connectivity index (χ4n) is 2.91. The van der Waals surface area contributed by atoms with Gasteiger partial charge in [-0.15, -0.1) is 6.58 Å². The highest BCUT2D eigenvalue weighted by molar-refractivity contribution is 5.69. The molecular formula is C22H40O5. The van der Waals surface area contributed by atoms with Gasteiger partial charge < -0.3 is 18.9 Å². The summed E-state index contributed by atoms with van der Waals surface area (Å²) >= 11 is 0. The zero-order valence-electron chi connectivity index (χ0n) is 17.7. The Morgan fingerprint density at radius 1 is 1.04 bits per heavy atom. The molecule has 0 unspecified atom stereocenters. The molecule has 0 bridgehead atoms. The number of ether oxygens (including phenoxy) is 4. The van der Waals surface area contributed by atoms with Crippen molar-refractivity contribution < 1.29 is 23.7 Å². The second kappa shape index (κ2) is 13.3. The maximum absolute atomic E-state index is 12.1. The molecule has 0 aromatic carbocycles. The molecule has 0 radical (unpaired) electrons. The Labute approximate surface area is 165 Å². The van der Waals surface area contributed by atoms with Gasteiger partial charge in [0.1, 0.15) is 6.61 Å². The van der Waals surface area contributed by atoms with E-state index in [-0.39, 0.29) is 12.6 Å². The minimum absolute atomic E-state index is 0.152. The molecule has 0 atom stereocenters. The van der Waals surface area contributed by atoms with Gasteiger partial charge in [-0.3, -0.25) is 4.79 Å². The number of carbonyl (C=O) groups excluding carboxylic acids is 1. The highest BCUT2D eigenvalue weighted by atomic mass is 16.7. The lowest BCUT2D eigenvalue weighted by atomic mass is 9.91. The largest absolute Gasteiger partial charge is 0.465 e. The van der Waals surface area contributed by atoms with Gasteiger partial charge >= 0.3 is 5.97 Å². The Hall–Kier alpha value is -0.910. The fraction of sp³-hybridized carbons (Fsp3) is 0.864. The summed E-state index contributed by atoms with van der Waals surface area (Å²) in [5, 5.41) is 0. The van der Waals surface area contributed by atoms with Crippen LogP contribution in [0.3, 0.4) is 0 Å². The van der Waals surface area contributed by atoms with Crippen molar-refractivity contribution in [2.45, 2.75) is 84.3 Å². The first kappa shape index (κ1) is 24.1. The van der Waals surface area contributed by atoms with E-state index < -0.39 is 11.2 Å². The SMILES string of the molecule is C=CCCCCCC(=O)OCC1(COCCCCCC)COC(C)(C)OC1. The lowest BCUT2D eigenvalue weighted by Crippen LogP contribution is -2.51. The minimum Gasteiger partial charge on any atom is -0.465 e. The Balaban J connectivity index is 2.37. The van der Waals surface area contributed by atoms with E-state index in [1.165, 1.54) is 19.3 Å². The third kappa shape index (κ3) is 10.9. The summed E-state index contributed by atoms with van der Waals surface area (Å²) < 4.78 is 23.1. The molecule has 1 aliphatic heterocycles. The molecule has 27 heavy (non-hydrogen) atoms. The van der Waals surface area contributed by atoms with Crippen molar-refractivity contribution in [1.29, 1.82) is 0 Å². The molecule has 5 heteroatoms. The van der Waals surface area contributed by atoms with E-state index in [0.717, 1.165) is 38.7 Å². The maximum atomic E-state index is 12.1. The van der Waals surface area contributed by atoms with Crippen LogP contribution < -0.4 is 0 Å². The Bertz CT molecular complexity index is 409. The van der Waals surface area contributed by atoms with Gasteiger partial charge in [0, 0.05) is 13.0 Å². The number of hydrogen-bond donors (Lipinski definition) is 0. The van der Waals surface area contributed by atoms with E-state index in [9.17, 15) is 4.79 Å². The number of unbranched alkanes of at least 4 members (excludes halogenated alkanes) is 6. The summed E-state index contributed by atoms with van der Waals surface area (Å²) in [7, 11) is 0. The molecule has 1 aliphatic rings. The summed E-state index contributed by atoms with van der Waals surface area (Å²) in [6.07, 6.45) is 11.0. The van der Waals surface area contributed by atoms with Crippen molar-refractivity contribution >= 4 is 5.97 Å². The average Bonchev–Trinajstić information content (AvgIpc) is 2.65. The van der Waals surface area contributed by atoms with Crippen LogP contribution in [0.15, 0.2) is 12.7 Å². The molecule has 1 fully saturated rings. The maximum Gasteiger partial charge on any atom is 0.305 e. The Morgan fingerprint density at radius 3 is 2.41 bits per heavy atom. The highest BCUT2D eigenvalue weighted by Crippen LogP contribution is 2.31. The standard InChI is InChI=1S/C22H40O5/c1-5-7-9-11-12-14-20(23)25-17-22(16-24-15-13-10-8-6-2)18-26-21(3,4)27-19-22/h5H,1,6-19H2,2-4H3. The predicted molar refractivity (Wildman–Crippen MR) is 108 cm³/mol. The van der Waals surface area contributed by atoms with Crippen LogP contribution in [-0.2, 0) is 23.7 Å². The fourth-order valence-corrected chi connectivity index (χ4v) is 2.91. The molecule has 0 N–H and O–H groups in total. The van der Waals surface area contributed by atoms with Gasteiger partial charge in [-0.25, -0.2) is 0 Å². The molecule has 1 heterocycles. The van der Waals surface area contributed by atoms with E-state index in [1.54, 1.807) is 0 Å². The van der Waals surface area contributed by atoms with Crippen molar-refractivity contribution in [1.82, 2.24) is 0 Å². The number of rotatable bonds is 15. The quantitative estimate of drug-likeness (QED) is 0.225. The van der Waals surface area contributed by atoms with E-state index in [2.05, 4.69) is 13.5 Å². The lowest BCUT2D eigenvalue weighted by Gasteiger charge is -2.42. The van der Waals surface area contributed by atoms with Crippen LogP contribution in [0.4, 0.5) is 0 Å². The highest BCUT2D eigenvalue weighted by Gasteiger charge is 2.41. The normalized spacial score (nSPS) is 18.2. The van der Waals surface area contributed by atoms with Crippen LogP contribution in [0.25, 0.3) is 0 Å². The number of hydrogen-bond acceptors (Lipinski definition) is 5. The molecule has 0 saturated carbocycles. The van der Waals surface area contributed by atoms with Crippen LogP contribution >= 0.6 is 0 Å². The first-order valence-electron chi connectivity index (χ1n) is 10.6. The van der Waals surface area contributed by atoms with Gasteiger partial charge in [0.2, 0.25) is 0 Å². The van der Waals surface area contributed by atoms with Gasteiger partial charge in [-0.2, -0.15) is 0 Å². The smallest absolute Gasteiger partial charge is 0.305 e. The Kier molecular flexibility index (Phi) is 11.9. The van der Waals surface area contributed by atoms with Gasteiger partial charge in [0.15, 0.2) is 5.79 Å². The predicted octanol–water partition coefficient (Wildman–Crippen LogP) is 5.03. The lowest BCUT2D eigenvalue weighted by molar-refractivity contribution is -0.297. The molecule has 0 amide bonds. The van der Waals surface area contributed by atoms with Crippen molar-refractivity contribution in [3.63, 3.8) is 0 Å². The zero-order chi connectivity index (χ0) is 20.0. The van der Waals surface area contributed by atoms with Crippen molar-refractivity contribution in [2.24, 2.45) is 5.41 Å². The second-order valence-electron chi connectivity index (χ2n) is 8.14. The molecular weight excluding hydrogens is 344 g/mol. The zero-order valence-corrected chi connectivity index (χ0v) is 17.7. The van der Waals surface area contributed by atoms with Gasteiger partial charge in [0.05, 0.1) is 25.2 Å². The topological polar surface area (TPSA) is 54.0 Å². The molecule has 158 valence electrons. The van der Waals surface area contributed by atoms with Crippen molar-refractivity contribution in [3.05, 3.63) is 12.7 Å².